The quantitative estimate of drug-likeness (QED) is 0.339. The fourth-order valence-electron chi connectivity index (χ4n) is 2.70. The Morgan fingerprint density at radius 3 is 2.39 bits per heavy atom. The molecule has 0 amide bonds. The SMILES string of the molecule is N=C(/C=C(\Nc1ccccc1Cl)c1ccc(-c2ccc(CC(=O)O)cc2)s1)C(F)(F)F. The number of rotatable bonds is 7. The van der Waals surface area contributed by atoms with E-state index in [0.29, 0.717) is 21.2 Å². The molecule has 2 aromatic carbocycles. The molecule has 0 spiro atoms. The van der Waals surface area contributed by atoms with Gasteiger partial charge in [0.25, 0.3) is 0 Å². The lowest BCUT2D eigenvalue weighted by molar-refractivity contribution is -0.136. The summed E-state index contributed by atoms with van der Waals surface area (Å²) in [6.07, 6.45) is -4.15. The van der Waals surface area contributed by atoms with Crippen LogP contribution in [0.1, 0.15) is 10.4 Å². The number of carboxylic acids is 1. The van der Waals surface area contributed by atoms with Crippen LogP contribution < -0.4 is 5.32 Å². The third kappa shape index (κ3) is 5.96. The topological polar surface area (TPSA) is 73.2 Å². The minimum absolute atomic E-state index is 0.0918. The minimum atomic E-state index is -4.78. The highest BCUT2D eigenvalue weighted by Gasteiger charge is 2.33. The average molecular weight is 465 g/mol. The van der Waals surface area contributed by atoms with E-state index in [1.807, 2.05) is 0 Å². The lowest BCUT2D eigenvalue weighted by Gasteiger charge is -2.13. The van der Waals surface area contributed by atoms with Crippen LogP contribution in [0.3, 0.4) is 0 Å². The van der Waals surface area contributed by atoms with Gasteiger partial charge in [-0.25, -0.2) is 0 Å². The van der Waals surface area contributed by atoms with Crippen molar-refractivity contribution in [3.8, 4) is 10.4 Å². The molecular weight excluding hydrogens is 449 g/mol. The van der Waals surface area contributed by atoms with Crippen molar-refractivity contribution in [2.24, 2.45) is 0 Å². The van der Waals surface area contributed by atoms with Crippen molar-refractivity contribution in [1.82, 2.24) is 0 Å². The van der Waals surface area contributed by atoms with Gasteiger partial charge < -0.3 is 10.4 Å². The standard InChI is InChI=1S/C22H16ClF3N2O2S/c23-15-3-1-2-4-16(15)28-17(12-20(27)22(24,25)26)19-10-9-18(31-19)14-7-5-13(6-8-14)11-21(29)30/h1-10,12,27-28H,11H2,(H,29,30)/b17-12-,27-20?. The molecule has 3 N–H and O–H groups in total. The first-order valence-corrected chi connectivity index (χ1v) is 10.1. The van der Waals surface area contributed by atoms with Crippen molar-refractivity contribution in [3.05, 3.63) is 82.2 Å². The van der Waals surface area contributed by atoms with Crippen molar-refractivity contribution < 1.29 is 23.1 Å². The highest BCUT2D eigenvalue weighted by Crippen LogP contribution is 2.34. The van der Waals surface area contributed by atoms with Crippen LogP contribution in [-0.4, -0.2) is 23.0 Å². The Kier molecular flexibility index (Phi) is 6.82. The van der Waals surface area contributed by atoms with E-state index in [2.05, 4.69) is 5.32 Å². The number of allylic oxidation sites excluding steroid dienone is 1. The smallest absolute Gasteiger partial charge is 0.432 e. The molecule has 1 aromatic heterocycles. The van der Waals surface area contributed by atoms with Crippen LogP contribution in [-0.2, 0) is 11.2 Å². The molecule has 4 nitrogen and oxygen atoms in total. The van der Waals surface area contributed by atoms with E-state index >= 15 is 0 Å². The lowest BCUT2D eigenvalue weighted by Crippen LogP contribution is -2.20. The van der Waals surface area contributed by atoms with Gasteiger partial charge in [-0.1, -0.05) is 48.0 Å². The Bertz CT molecular complexity index is 1140. The number of benzene rings is 2. The zero-order valence-corrected chi connectivity index (χ0v) is 17.4. The van der Waals surface area contributed by atoms with Crippen LogP contribution in [0.15, 0.2) is 66.7 Å². The molecule has 0 atom stereocenters. The first-order chi connectivity index (χ1) is 14.6. The number of hydrogen-bond acceptors (Lipinski definition) is 4. The molecule has 31 heavy (non-hydrogen) atoms. The molecule has 3 rings (SSSR count). The normalized spacial score (nSPS) is 11.9. The van der Waals surface area contributed by atoms with Gasteiger partial charge in [0.1, 0.15) is 5.71 Å². The van der Waals surface area contributed by atoms with Crippen LogP contribution in [0.2, 0.25) is 5.02 Å². The molecule has 0 unspecified atom stereocenters. The van der Waals surface area contributed by atoms with Gasteiger partial charge in [-0.15, -0.1) is 11.3 Å². The van der Waals surface area contributed by atoms with Crippen molar-refractivity contribution in [1.29, 1.82) is 5.41 Å². The number of carbonyl (C=O) groups is 1. The highest BCUT2D eigenvalue weighted by molar-refractivity contribution is 7.16. The van der Waals surface area contributed by atoms with Gasteiger partial charge in [-0.2, -0.15) is 13.2 Å². The third-order valence-corrected chi connectivity index (χ3v) is 5.70. The van der Waals surface area contributed by atoms with Crippen LogP contribution >= 0.6 is 22.9 Å². The van der Waals surface area contributed by atoms with Crippen LogP contribution in [0.4, 0.5) is 18.9 Å². The van der Waals surface area contributed by atoms with Gasteiger partial charge in [0.2, 0.25) is 0 Å². The van der Waals surface area contributed by atoms with Gasteiger partial charge in [0, 0.05) is 4.88 Å². The second-order valence-corrected chi connectivity index (χ2v) is 8.00. The number of para-hydroxylation sites is 1. The molecule has 0 aliphatic rings. The maximum atomic E-state index is 13.0. The van der Waals surface area contributed by atoms with Crippen molar-refractivity contribution in [2.75, 3.05) is 5.32 Å². The second kappa shape index (κ2) is 9.36. The Hall–Kier alpha value is -3.10. The average Bonchev–Trinajstić information content (AvgIpc) is 3.18. The molecule has 0 bridgehead atoms. The Balaban J connectivity index is 1.94. The molecule has 9 heteroatoms. The van der Waals surface area contributed by atoms with Crippen molar-refractivity contribution in [2.45, 2.75) is 12.6 Å². The largest absolute Gasteiger partial charge is 0.481 e. The summed E-state index contributed by atoms with van der Waals surface area (Å²) in [4.78, 5) is 12.1. The molecule has 0 radical (unpaired) electrons. The predicted octanol–water partition coefficient (Wildman–Crippen LogP) is 6.73. The Labute approximate surface area is 185 Å². The summed E-state index contributed by atoms with van der Waals surface area (Å²) in [5.41, 5.74) is 0.462. The van der Waals surface area contributed by atoms with Crippen molar-refractivity contribution in [3.63, 3.8) is 0 Å². The summed E-state index contributed by atoms with van der Waals surface area (Å²) in [6, 6.07) is 17.0. The number of carboxylic acid groups (broad SMARTS) is 1. The second-order valence-electron chi connectivity index (χ2n) is 6.51. The van der Waals surface area contributed by atoms with E-state index < -0.39 is 17.9 Å². The van der Waals surface area contributed by atoms with Gasteiger partial charge in [-0.3, -0.25) is 10.2 Å². The fourth-order valence-corrected chi connectivity index (χ4v) is 3.87. The fraction of sp³-hybridized carbons (Fsp3) is 0.0909. The summed E-state index contributed by atoms with van der Waals surface area (Å²) < 4.78 is 38.9. The van der Waals surface area contributed by atoms with Gasteiger partial charge in [-0.05, 0) is 41.5 Å². The number of hydrogen-bond donors (Lipinski definition) is 3. The molecule has 0 saturated carbocycles. The maximum Gasteiger partial charge on any atom is 0.432 e. The molecule has 1 heterocycles. The summed E-state index contributed by atoms with van der Waals surface area (Å²) in [7, 11) is 0. The van der Waals surface area contributed by atoms with Crippen LogP contribution in [0.5, 0.6) is 0 Å². The maximum absolute atomic E-state index is 13.0. The van der Waals surface area contributed by atoms with E-state index in [1.54, 1.807) is 60.7 Å². The van der Waals surface area contributed by atoms with Crippen LogP contribution in [0.25, 0.3) is 16.1 Å². The van der Waals surface area contributed by atoms with E-state index in [1.165, 1.54) is 11.3 Å². The van der Waals surface area contributed by atoms with Gasteiger partial charge >= 0.3 is 12.1 Å². The molecule has 0 fully saturated rings. The van der Waals surface area contributed by atoms with E-state index in [-0.39, 0.29) is 12.1 Å². The first-order valence-electron chi connectivity index (χ1n) is 8.94. The van der Waals surface area contributed by atoms with E-state index in [4.69, 9.17) is 22.1 Å². The molecular formula is C22H16ClF3N2O2S. The lowest BCUT2D eigenvalue weighted by atomic mass is 10.1. The number of aliphatic carboxylic acids is 1. The molecule has 0 saturated heterocycles. The number of anilines is 1. The van der Waals surface area contributed by atoms with Crippen LogP contribution in [0, 0.1) is 5.41 Å². The molecule has 3 aromatic rings. The number of nitrogens with one attached hydrogen (secondary N) is 2. The minimum Gasteiger partial charge on any atom is -0.481 e. The summed E-state index contributed by atoms with van der Waals surface area (Å²) in [6.45, 7) is 0. The number of thiophene rings is 1. The predicted molar refractivity (Wildman–Crippen MR) is 118 cm³/mol. The van der Waals surface area contributed by atoms with Gasteiger partial charge in [0.15, 0.2) is 0 Å². The third-order valence-electron chi connectivity index (χ3n) is 4.20. The molecule has 0 aliphatic carbocycles. The number of halogens is 4. The van der Waals surface area contributed by atoms with Gasteiger partial charge in [0.05, 0.1) is 27.7 Å². The summed E-state index contributed by atoms with van der Waals surface area (Å²) in [5.74, 6) is -0.932. The van der Waals surface area contributed by atoms with E-state index in [0.717, 1.165) is 16.5 Å². The van der Waals surface area contributed by atoms with E-state index in [9.17, 15) is 18.0 Å². The zero-order chi connectivity index (χ0) is 22.6. The highest BCUT2D eigenvalue weighted by atomic mass is 35.5. The summed E-state index contributed by atoms with van der Waals surface area (Å²) in [5, 5.41) is 19.5. The zero-order valence-electron chi connectivity index (χ0n) is 15.8. The monoisotopic (exact) mass is 464 g/mol. The number of alkyl halides is 3. The molecule has 160 valence electrons. The molecule has 0 aliphatic heterocycles. The van der Waals surface area contributed by atoms with Crippen molar-refractivity contribution >= 4 is 46.0 Å². The summed E-state index contributed by atoms with van der Waals surface area (Å²) >= 11 is 7.37. The Morgan fingerprint density at radius 1 is 1.10 bits per heavy atom. The Morgan fingerprint density at radius 2 is 1.77 bits per heavy atom. The first kappa shape index (κ1) is 22.6.